The minimum absolute atomic E-state index is 0.0599. The molecule has 0 aromatic heterocycles. The largest absolute Gasteiger partial charge is 0.493 e. The Bertz CT molecular complexity index is 561. The molecule has 128 valence electrons. The van der Waals surface area contributed by atoms with Crippen molar-refractivity contribution in [2.45, 2.75) is 39.2 Å². The molecule has 0 unspecified atom stereocenters. The van der Waals surface area contributed by atoms with Crippen LogP contribution >= 0.6 is 0 Å². The van der Waals surface area contributed by atoms with Gasteiger partial charge in [0.2, 0.25) is 0 Å². The number of aliphatic carboxylic acids is 1. The molecule has 1 amide bonds. The Morgan fingerprint density at radius 2 is 1.91 bits per heavy atom. The van der Waals surface area contributed by atoms with Crippen LogP contribution in [0.1, 0.15) is 32.8 Å². The second kappa shape index (κ2) is 7.89. The third kappa shape index (κ3) is 4.64. The van der Waals surface area contributed by atoms with E-state index in [0.717, 1.165) is 11.0 Å². The number of carbonyl (C=O) groups excluding carboxylic acids is 1. The zero-order chi connectivity index (χ0) is 17.6. The molecule has 0 atom stereocenters. The maximum atomic E-state index is 14.6. The van der Waals surface area contributed by atoms with Gasteiger partial charge in [0.1, 0.15) is 5.75 Å². The Morgan fingerprint density at radius 1 is 1.30 bits per heavy atom. The molecule has 5 nitrogen and oxygen atoms in total. The molecular formula is C16H21F2NO4. The Morgan fingerprint density at radius 3 is 2.43 bits per heavy atom. The van der Waals surface area contributed by atoms with Crippen molar-refractivity contribution in [1.29, 1.82) is 0 Å². The Balaban J connectivity index is 3.13. The first-order valence-corrected chi connectivity index (χ1v) is 7.34. The van der Waals surface area contributed by atoms with Crippen LogP contribution in [0.15, 0.2) is 24.3 Å². The van der Waals surface area contributed by atoms with E-state index < -0.39 is 35.8 Å². The van der Waals surface area contributed by atoms with Crippen molar-refractivity contribution in [3.8, 4) is 5.75 Å². The number of para-hydroxylation sites is 1. The summed E-state index contributed by atoms with van der Waals surface area (Å²) in [4.78, 5) is 23.8. The van der Waals surface area contributed by atoms with Gasteiger partial charge in [-0.3, -0.25) is 9.59 Å². The molecule has 0 fully saturated rings. The third-order valence-corrected chi connectivity index (χ3v) is 3.24. The summed E-state index contributed by atoms with van der Waals surface area (Å²) in [6, 6.07) is 4.90. The van der Waals surface area contributed by atoms with Crippen molar-refractivity contribution in [3.63, 3.8) is 0 Å². The summed E-state index contributed by atoms with van der Waals surface area (Å²) in [6.45, 7) is 4.69. The molecule has 1 rings (SSSR count). The fraction of sp³-hybridized carbons (Fsp3) is 0.500. The maximum absolute atomic E-state index is 14.6. The molecule has 0 aliphatic carbocycles. The lowest BCUT2D eigenvalue weighted by atomic mass is 10.0. The standard InChI is InChI=1S/C16H21F2NO4/c1-4-23-13-8-6-5-7-12(13)16(17,18)15(22)19(11(2)3)10-9-14(20)21/h5-8,11H,4,9-10H2,1-3H3,(H,20,21). The Labute approximate surface area is 133 Å². The average molecular weight is 329 g/mol. The van der Waals surface area contributed by atoms with Crippen molar-refractivity contribution in [2.24, 2.45) is 0 Å². The molecule has 23 heavy (non-hydrogen) atoms. The Kier molecular flexibility index (Phi) is 6.48. The number of hydrogen-bond donors (Lipinski definition) is 1. The third-order valence-electron chi connectivity index (χ3n) is 3.24. The molecule has 1 N–H and O–H groups in total. The smallest absolute Gasteiger partial charge is 0.353 e. The monoisotopic (exact) mass is 329 g/mol. The number of carbonyl (C=O) groups is 2. The summed E-state index contributed by atoms with van der Waals surface area (Å²) in [6.07, 6.45) is -0.396. The van der Waals surface area contributed by atoms with Crippen molar-refractivity contribution < 1.29 is 28.2 Å². The highest BCUT2D eigenvalue weighted by molar-refractivity contribution is 5.86. The summed E-state index contributed by atoms with van der Waals surface area (Å²) in [7, 11) is 0. The number of carboxylic acids is 1. The van der Waals surface area contributed by atoms with Crippen LogP contribution in [0.2, 0.25) is 0 Å². The van der Waals surface area contributed by atoms with Gasteiger partial charge in [-0.15, -0.1) is 0 Å². The molecule has 0 aliphatic heterocycles. The average Bonchev–Trinajstić information content (AvgIpc) is 2.47. The molecule has 0 bridgehead atoms. The molecule has 0 saturated heterocycles. The summed E-state index contributed by atoms with van der Waals surface area (Å²) in [5, 5.41) is 8.71. The molecule has 7 heteroatoms. The van der Waals surface area contributed by atoms with Gasteiger partial charge in [0, 0.05) is 12.6 Å². The van der Waals surface area contributed by atoms with Gasteiger partial charge in [-0.05, 0) is 32.9 Å². The maximum Gasteiger partial charge on any atom is 0.353 e. The number of amides is 1. The van der Waals surface area contributed by atoms with E-state index in [-0.39, 0.29) is 18.9 Å². The van der Waals surface area contributed by atoms with Crippen LogP contribution in [0.5, 0.6) is 5.75 Å². The highest BCUT2D eigenvalue weighted by Crippen LogP contribution is 2.37. The van der Waals surface area contributed by atoms with Crippen molar-refractivity contribution in [2.75, 3.05) is 13.2 Å². The van der Waals surface area contributed by atoms with Crippen LogP contribution in [0, 0.1) is 0 Å². The van der Waals surface area contributed by atoms with E-state index in [1.807, 2.05) is 0 Å². The van der Waals surface area contributed by atoms with E-state index >= 15 is 0 Å². The number of halogens is 2. The van der Waals surface area contributed by atoms with Gasteiger partial charge in [0.05, 0.1) is 18.6 Å². The molecule has 0 spiro atoms. The fourth-order valence-electron chi connectivity index (χ4n) is 2.11. The van der Waals surface area contributed by atoms with Gasteiger partial charge in [-0.25, -0.2) is 0 Å². The lowest BCUT2D eigenvalue weighted by Gasteiger charge is -2.30. The van der Waals surface area contributed by atoms with Crippen LogP contribution in [0.4, 0.5) is 8.78 Å². The van der Waals surface area contributed by atoms with E-state index in [2.05, 4.69) is 0 Å². The number of rotatable bonds is 8. The summed E-state index contributed by atoms with van der Waals surface area (Å²) in [5.41, 5.74) is -0.521. The van der Waals surface area contributed by atoms with Crippen LogP contribution in [0.3, 0.4) is 0 Å². The lowest BCUT2D eigenvalue weighted by molar-refractivity contribution is -0.161. The first-order chi connectivity index (χ1) is 10.7. The minimum atomic E-state index is -3.80. The second-order valence-corrected chi connectivity index (χ2v) is 5.24. The van der Waals surface area contributed by atoms with E-state index in [9.17, 15) is 18.4 Å². The van der Waals surface area contributed by atoms with E-state index in [1.54, 1.807) is 26.8 Å². The van der Waals surface area contributed by atoms with Gasteiger partial charge in [-0.2, -0.15) is 8.78 Å². The molecule has 0 heterocycles. The lowest BCUT2D eigenvalue weighted by Crippen LogP contribution is -2.46. The number of hydrogen-bond acceptors (Lipinski definition) is 3. The summed E-state index contributed by atoms with van der Waals surface area (Å²) in [5.74, 6) is -6.44. The number of carboxylic acid groups (broad SMARTS) is 1. The SMILES string of the molecule is CCOc1ccccc1C(F)(F)C(=O)N(CCC(=O)O)C(C)C. The number of alkyl halides is 2. The van der Waals surface area contributed by atoms with E-state index in [1.165, 1.54) is 12.1 Å². The van der Waals surface area contributed by atoms with E-state index in [0.29, 0.717) is 0 Å². The zero-order valence-electron chi connectivity index (χ0n) is 13.4. The number of benzene rings is 1. The highest BCUT2D eigenvalue weighted by atomic mass is 19.3. The Hall–Kier alpha value is -2.18. The van der Waals surface area contributed by atoms with Crippen LogP contribution < -0.4 is 4.74 Å². The highest BCUT2D eigenvalue weighted by Gasteiger charge is 2.46. The predicted octanol–water partition coefficient (Wildman–Crippen LogP) is 2.89. The predicted molar refractivity (Wildman–Crippen MR) is 80.6 cm³/mol. The fourth-order valence-corrected chi connectivity index (χ4v) is 2.11. The number of nitrogens with zero attached hydrogens (tertiary/aromatic N) is 1. The van der Waals surface area contributed by atoms with Gasteiger partial charge in [0.15, 0.2) is 0 Å². The molecule has 0 aliphatic rings. The second-order valence-electron chi connectivity index (χ2n) is 5.24. The topological polar surface area (TPSA) is 66.8 Å². The van der Waals surface area contributed by atoms with Gasteiger partial charge in [-0.1, -0.05) is 12.1 Å². The molecule has 0 radical (unpaired) electrons. The molecule has 1 aromatic carbocycles. The van der Waals surface area contributed by atoms with Crippen molar-refractivity contribution in [1.82, 2.24) is 4.90 Å². The number of ether oxygens (including phenoxy) is 1. The quantitative estimate of drug-likeness (QED) is 0.796. The summed E-state index contributed by atoms with van der Waals surface area (Å²) < 4.78 is 34.5. The van der Waals surface area contributed by atoms with Gasteiger partial charge in [0.25, 0.3) is 5.91 Å². The zero-order valence-corrected chi connectivity index (χ0v) is 13.4. The van der Waals surface area contributed by atoms with Crippen LogP contribution in [-0.4, -0.2) is 41.1 Å². The van der Waals surface area contributed by atoms with Crippen LogP contribution in [0.25, 0.3) is 0 Å². The molecule has 1 aromatic rings. The van der Waals surface area contributed by atoms with Gasteiger partial charge >= 0.3 is 11.9 Å². The first kappa shape index (κ1) is 18.9. The van der Waals surface area contributed by atoms with Crippen molar-refractivity contribution in [3.05, 3.63) is 29.8 Å². The van der Waals surface area contributed by atoms with Crippen molar-refractivity contribution >= 4 is 11.9 Å². The minimum Gasteiger partial charge on any atom is -0.493 e. The molecule has 0 saturated carbocycles. The van der Waals surface area contributed by atoms with Crippen LogP contribution in [-0.2, 0) is 15.5 Å². The molecular weight excluding hydrogens is 308 g/mol. The normalized spacial score (nSPS) is 11.4. The van der Waals surface area contributed by atoms with Gasteiger partial charge < -0.3 is 14.7 Å². The van der Waals surface area contributed by atoms with E-state index in [4.69, 9.17) is 9.84 Å². The summed E-state index contributed by atoms with van der Waals surface area (Å²) >= 11 is 0. The first-order valence-electron chi connectivity index (χ1n) is 7.34.